The van der Waals surface area contributed by atoms with Gasteiger partial charge in [0.1, 0.15) is 16.7 Å². The Morgan fingerprint density at radius 2 is 1.76 bits per heavy atom. The first-order chi connectivity index (χ1) is 16.0. The Morgan fingerprint density at radius 1 is 1.15 bits per heavy atom. The topological polar surface area (TPSA) is 48.9 Å². The van der Waals surface area contributed by atoms with Gasteiger partial charge in [-0.25, -0.2) is 9.38 Å². The molecule has 0 unspecified atom stereocenters. The molecular formula is C26H41FN4OS. The van der Waals surface area contributed by atoms with E-state index < -0.39 is 0 Å². The molecule has 0 atom stereocenters. The van der Waals surface area contributed by atoms with Gasteiger partial charge < -0.3 is 20.3 Å². The molecule has 2 N–H and O–H groups in total. The average Bonchev–Trinajstić information content (AvgIpc) is 3.03. The number of thiophene rings is 1. The van der Waals surface area contributed by atoms with Gasteiger partial charge in [-0.1, -0.05) is 26.0 Å². The molecule has 4 rings (SSSR count). The van der Waals surface area contributed by atoms with Gasteiger partial charge in [0.05, 0.1) is 16.9 Å². The molecule has 0 bridgehead atoms. The summed E-state index contributed by atoms with van der Waals surface area (Å²) >= 11 is 1.71. The first kappa shape index (κ1) is 28.8. The lowest BCUT2D eigenvalue weighted by Crippen LogP contribution is -2.46. The largest absolute Gasteiger partial charge is 0.385 e. The summed E-state index contributed by atoms with van der Waals surface area (Å²) in [6.07, 6.45) is 4.00. The van der Waals surface area contributed by atoms with Crippen LogP contribution in [0.25, 0.3) is 0 Å². The van der Waals surface area contributed by atoms with E-state index in [1.54, 1.807) is 24.5 Å². The minimum absolute atomic E-state index is 0.247. The van der Waals surface area contributed by atoms with E-state index in [2.05, 4.69) is 34.1 Å². The second-order valence-corrected chi connectivity index (χ2v) is 8.42. The first-order valence-corrected chi connectivity index (χ1v) is 12.6. The lowest BCUT2D eigenvalue weighted by atomic mass is 10.1. The number of halogens is 1. The number of aliphatic imine (C=N–C) groups is 1. The fourth-order valence-electron chi connectivity index (χ4n) is 3.09. The summed E-state index contributed by atoms with van der Waals surface area (Å²) in [6.45, 7) is 18.8. The molecule has 0 spiro atoms. The molecule has 1 fully saturated rings. The normalized spacial score (nSPS) is 14.1. The molecule has 184 valence electrons. The predicted molar refractivity (Wildman–Crippen MR) is 144 cm³/mol. The number of fused-ring (bicyclic) bond motifs is 2. The number of amidine groups is 1. The second kappa shape index (κ2) is 15.6. The van der Waals surface area contributed by atoms with Gasteiger partial charge in [-0.05, 0) is 58.4 Å². The molecule has 0 saturated carbocycles. The van der Waals surface area contributed by atoms with Crippen molar-refractivity contribution < 1.29 is 9.13 Å². The van der Waals surface area contributed by atoms with E-state index in [-0.39, 0.29) is 5.82 Å². The van der Waals surface area contributed by atoms with Crippen LogP contribution in [0.2, 0.25) is 0 Å². The number of rotatable bonds is 1. The maximum absolute atomic E-state index is 13.6. The number of anilines is 2. The number of nitrogens with zero attached hydrogens (tertiary/aromatic N) is 2. The molecule has 0 aliphatic carbocycles. The Labute approximate surface area is 203 Å². The minimum atomic E-state index is -0.247. The summed E-state index contributed by atoms with van der Waals surface area (Å²) in [6, 6.07) is 4.74. The van der Waals surface area contributed by atoms with Crippen LogP contribution >= 0.6 is 11.3 Å². The number of ether oxygens (including phenoxy) is 1. The van der Waals surface area contributed by atoms with Crippen molar-refractivity contribution in [3.05, 3.63) is 52.2 Å². The van der Waals surface area contributed by atoms with Gasteiger partial charge in [0.25, 0.3) is 0 Å². The van der Waals surface area contributed by atoms with Crippen LogP contribution in [-0.4, -0.2) is 50.6 Å². The Balaban J connectivity index is 0.000000468. The quantitative estimate of drug-likeness (QED) is 0.444. The zero-order chi connectivity index (χ0) is 24.8. The van der Waals surface area contributed by atoms with Crippen molar-refractivity contribution in [2.75, 3.05) is 45.2 Å². The fraction of sp³-hybridized carbons (Fsp3) is 0.500. The van der Waals surface area contributed by atoms with Crippen molar-refractivity contribution >= 4 is 33.5 Å². The van der Waals surface area contributed by atoms with E-state index >= 15 is 0 Å². The Hall–Kier alpha value is -2.22. The van der Waals surface area contributed by atoms with Crippen molar-refractivity contribution in [2.45, 2.75) is 48.5 Å². The molecule has 2 aliphatic rings. The summed E-state index contributed by atoms with van der Waals surface area (Å²) < 4.78 is 18.2. The second-order valence-electron chi connectivity index (χ2n) is 7.19. The van der Waals surface area contributed by atoms with Gasteiger partial charge in [-0.2, -0.15) is 0 Å². The van der Waals surface area contributed by atoms with Gasteiger partial charge in [-0.3, -0.25) is 0 Å². The highest BCUT2D eigenvalue weighted by Gasteiger charge is 2.26. The molecule has 0 radical (unpaired) electrons. The third-order valence-electron chi connectivity index (χ3n) is 5.08. The van der Waals surface area contributed by atoms with E-state index in [0.717, 1.165) is 60.6 Å². The summed E-state index contributed by atoms with van der Waals surface area (Å²) in [7, 11) is 1.68. The maximum Gasteiger partial charge on any atom is 0.139 e. The van der Waals surface area contributed by atoms with Crippen molar-refractivity contribution in [1.82, 2.24) is 10.2 Å². The lowest BCUT2D eigenvalue weighted by Gasteiger charge is -2.30. The highest BCUT2D eigenvalue weighted by atomic mass is 32.1. The van der Waals surface area contributed by atoms with Crippen LogP contribution in [0.15, 0.2) is 35.3 Å². The van der Waals surface area contributed by atoms with Crippen LogP contribution in [0.5, 0.6) is 0 Å². The number of benzene rings is 1. The molecule has 1 aromatic heterocycles. The van der Waals surface area contributed by atoms with Crippen molar-refractivity contribution in [2.24, 2.45) is 4.99 Å². The van der Waals surface area contributed by atoms with Crippen molar-refractivity contribution in [1.29, 1.82) is 0 Å². The molecular weight excluding hydrogens is 435 g/mol. The number of hydrogen-bond donors (Lipinski definition) is 2. The number of aryl methyl sites for hydroxylation is 1. The van der Waals surface area contributed by atoms with Crippen LogP contribution in [0, 0.1) is 19.7 Å². The molecule has 1 aromatic carbocycles. The molecule has 0 amide bonds. The molecule has 2 aliphatic heterocycles. The number of piperazine rings is 1. The van der Waals surface area contributed by atoms with E-state index in [1.807, 2.05) is 46.8 Å². The molecule has 3 heterocycles. The summed E-state index contributed by atoms with van der Waals surface area (Å²) in [5.74, 6) is 0.754. The van der Waals surface area contributed by atoms with Crippen LogP contribution in [-0.2, 0) is 4.74 Å². The number of hydrogen-bond acceptors (Lipinski definition) is 6. The molecule has 1 saturated heterocycles. The SMILES string of the molecule is C/C=C\C.CC.CCOC.Cc1sc2c(c1C)C(N1CCNCC1)=Nc1ccc(F)cc1N2. The van der Waals surface area contributed by atoms with Crippen LogP contribution in [0.4, 0.5) is 20.8 Å². The molecule has 33 heavy (non-hydrogen) atoms. The Bertz CT molecular complexity index is 896. The van der Waals surface area contributed by atoms with Crippen molar-refractivity contribution in [3.8, 4) is 0 Å². The Morgan fingerprint density at radius 3 is 2.30 bits per heavy atom. The predicted octanol–water partition coefficient (Wildman–Crippen LogP) is 6.81. The van der Waals surface area contributed by atoms with Crippen LogP contribution in [0.1, 0.15) is 50.6 Å². The number of methoxy groups -OCH3 is 1. The van der Waals surface area contributed by atoms with Gasteiger partial charge in [0.15, 0.2) is 0 Å². The highest BCUT2D eigenvalue weighted by molar-refractivity contribution is 7.16. The van der Waals surface area contributed by atoms with E-state index in [0.29, 0.717) is 0 Å². The third kappa shape index (κ3) is 8.25. The van der Waals surface area contributed by atoms with E-state index in [1.165, 1.54) is 22.6 Å². The zero-order valence-corrected chi connectivity index (χ0v) is 22.3. The average molecular weight is 477 g/mol. The highest BCUT2D eigenvalue weighted by Crippen LogP contribution is 2.41. The molecule has 7 heteroatoms. The maximum atomic E-state index is 13.6. The monoisotopic (exact) mass is 476 g/mol. The summed E-state index contributed by atoms with van der Waals surface area (Å²) in [5.41, 5.74) is 3.94. The van der Waals surface area contributed by atoms with Crippen LogP contribution in [0.3, 0.4) is 0 Å². The summed E-state index contributed by atoms with van der Waals surface area (Å²) in [4.78, 5) is 8.51. The van der Waals surface area contributed by atoms with Gasteiger partial charge in [0.2, 0.25) is 0 Å². The molecule has 5 nitrogen and oxygen atoms in total. The van der Waals surface area contributed by atoms with Gasteiger partial charge in [0, 0.05) is 44.8 Å². The molecule has 2 aromatic rings. The zero-order valence-electron chi connectivity index (χ0n) is 21.5. The van der Waals surface area contributed by atoms with E-state index in [9.17, 15) is 4.39 Å². The fourth-order valence-corrected chi connectivity index (χ4v) is 4.16. The summed E-state index contributed by atoms with van der Waals surface area (Å²) in [5, 5.41) is 7.83. The smallest absolute Gasteiger partial charge is 0.139 e. The van der Waals surface area contributed by atoms with Gasteiger partial charge >= 0.3 is 0 Å². The van der Waals surface area contributed by atoms with Gasteiger partial charge in [-0.15, -0.1) is 11.3 Å². The Kier molecular flexibility index (Phi) is 13.6. The lowest BCUT2D eigenvalue weighted by molar-refractivity contribution is 0.215. The third-order valence-corrected chi connectivity index (χ3v) is 6.20. The standard InChI is InChI=1S/C17H19FN4S.C4H8.C3H8O.C2H6/c1-10-11(2)23-17-15(10)16(22-7-5-19-6-8-22)20-13-4-3-12(18)9-14(13)21-17;2*1-3-4-2;1-2/h3-4,9,19,21H,5-8H2,1-2H3;3-4H,1-2H3;3H2,1-2H3;1-2H3/b;4-3-;;. The minimum Gasteiger partial charge on any atom is -0.385 e. The number of allylic oxidation sites excluding steroid dienone is 2. The van der Waals surface area contributed by atoms with E-state index in [4.69, 9.17) is 4.99 Å². The van der Waals surface area contributed by atoms with Crippen LogP contribution < -0.4 is 10.6 Å². The van der Waals surface area contributed by atoms with Crippen molar-refractivity contribution in [3.63, 3.8) is 0 Å². The first-order valence-electron chi connectivity index (χ1n) is 11.7. The number of nitrogens with one attached hydrogen (secondary N) is 2.